The van der Waals surface area contributed by atoms with Crippen LogP contribution in [0.25, 0.3) is 0 Å². The molecule has 1 aliphatic rings. The van der Waals surface area contributed by atoms with Crippen molar-refractivity contribution in [2.75, 3.05) is 0 Å². The van der Waals surface area contributed by atoms with Crippen LogP contribution in [0.2, 0.25) is 0 Å². The van der Waals surface area contributed by atoms with Crippen LogP contribution in [0.15, 0.2) is 39.7 Å². The third kappa shape index (κ3) is 3.20. The van der Waals surface area contributed by atoms with Crippen LogP contribution in [-0.2, 0) is 10.0 Å². The third-order valence-corrected chi connectivity index (χ3v) is 4.78. The molecule has 0 unspecified atom stereocenters. The van der Waals surface area contributed by atoms with E-state index in [9.17, 15) is 18.5 Å². The summed E-state index contributed by atoms with van der Waals surface area (Å²) < 4.78 is 27.4. The minimum Gasteiger partial charge on any atom is -0.258 e. The Morgan fingerprint density at radius 3 is 2.53 bits per heavy atom. The van der Waals surface area contributed by atoms with Gasteiger partial charge in [0.2, 0.25) is 10.0 Å². The lowest BCUT2D eigenvalue weighted by molar-refractivity contribution is -0.387. The van der Waals surface area contributed by atoms with Crippen molar-refractivity contribution in [1.82, 2.24) is 4.72 Å². The Hall–Kier alpha value is -1.25. The average molecular weight is 347 g/mol. The van der Waals surface area contributed by atoms with E-state index in [1.807, 2.05) is 12.2 Å². The van der Waals surface area contributed by atoms with Gasteiger partial charge in [-0.15, -0.1) is 0 Å². The number of nitro benzene ring substituents is 1. The predicted molar refractivity (Wildman–Crippen MR) is 73.3 cm³/mol. The van der Waals surface area contributed by atoms with Gasteiger partial charge in [-0.1, -0.05) is 28.1 Å². The SMILES string of the molecule is O=[N+]([O-])c1ccc(Br)cc1S(=O)(=O)NC1CC=CC1. The average Bonchev–Trinajstić information content (AvgIpc) is 2.80. The molecule has 8 heteroatoms. The van der Waals surface area contributed by atoms with E-state index in [0.29, 0.717) is 17.3 Å². The molecule has 0 saturated heterocycles. The maximum Gasteiger partial charge on any atom is 0.289 e. The zero-order valence-electron chi connectivity index (χ0n) is 9.74. The van der Waals surface area contributed by atoms with Crippen LogP contribution in [0, 0.1) is 10.1 Å². The van der Waals surface area contributed by atoms with Gasteiger partial charge in [0.25, 0.3) is 5.69 Å². The second-order valence-electron chi connectivity index (χ2n) is 4.13. The molecular formula is C11H11BrN2O4S. The highest BCUT2D eigenvalue weighted by Crippen LogP contribution is 2.28. The van der Waals surface area contributed by atoms with Crippen LogP contribution >= 0.6 is 15.9 Å². The van der Waals surface area contributed by atoms with E-state index in [0.717, 1.165) is 0 Å². The fourth-order valence-corrected chi connectivity index (χ4v) is 3.82. The van der Waals surface area contributed by atoms with E-state index in [1.165, 1.54) is 18.2 Å². The summed E-state index contributed by atoms with van der Waals surface area (Å²) >= 11 is 3.12. The highest BCUT2D eigenvalue weighted by molar-refractivity contribution is 9.10. The van der Waals surface area contributed by atoms with E-state index < -0.39 is 20.6 Å². The van der Waals surface area contributed by atoms with Crippen LogP contribution in [0.1, 0.15) is 12.8 Å². The molecule has 0 aromatic heterocycles. The minimum absolute atomic E-state index is 0.233. The first-order valence-electron chi connectivity index (χ1n) is 5.51. The molecule has 6 nitrogen and oxygen atoms in total. The first kappa shape index (κ1) is 14.2. The van der Waals surface area contributed by atoms with E-state index >= 15 is 0 Å². The monoisotopic (exact) mass is 346 g/mol. The number of sulfonamides is 1. The van der Waals surface area contributed by atoms with Gasteiger partial charge in [-0.25, -0.2) is 13.1 Å². The Morgan fingerprint density at radius 1 is 1.32 bits per heavy atom. The molecule has 102 valence electrons. The van der Waals surface area contributed by atoms with Crippen molar-refractivity contribution in [2.24, 2.45) is 0 Å². The van der Waals surface area contributed by atoms with E-state index in [1.54, 1.807) is 0 Å². The number of halogens is 1. The van der Waals surface area contributed by atoms with Gasteiger partial charge in [0.1, 0.15) is 0 Å². The molecule has 0 saturated carbocycles. The summed E-state index contributed by atoms with van der Waals surface area (Å²) in [5.74, 6) is 0. The molecular weight excluding hydrogens is 336 g/mol. The van der Waals surface area contributed by atoms with Gasteiger partial charge >= 0.3 is 0 Å². The number of nitro groups is 1. The molecule has 0 radical (unpaired) electrons. The number of nitrogens with zero attached hydrogens (tertiary/aromatic N) is 1. The molecule has 1 N–H and O–H groups in total. The summed E-state index contributed by atoms with van der Waals surface area (Å²) in [6.07, 6.45) is 4.95. The first-order valence-corrected chi connectivity index (χ1v) is 7.79. The quantitative estimate of drug-likeness (QED) is 0.514. The van der Waals surface area contributed by atoms with Gasteiger partial charge in [0.15, 0.2) is 4.90 Å². The zero-order valence-corrected chi connectivity index (χ0v) is 12.1. The van der Waals surface area contributed by atoms with Crippen molar-refractivity contribution in [3.05, 3.63) is 44.9 Å². The van der Waals surface area contributed by atoms with Gasteiger partial charge in [-0.3, -0.25) is 10.1 Å². The van der Waals surface area contributed by atoms with Crippen LogP contribution in [0.4, 0.5) is 5.69 Å². The largest absolute Gasteiger partial charge is 0.289 e. The minimum atomic E-state index is -3.90. The van der Waals surface area contributed by atoms with Crippen LogP contribution in [-0.4, -0.2) is 19.4 Å². The third-order valence-electron chi connectivity index (χ3n) is 2.74. The summed E-state index contributed by atoms with van der Waals surface area (Å²) in [5.41, 5.74) is -0.429. The molecule has 0 spiro atoms. The maximum atomic E-state index is 12.2. The van der Waals surface area contributed by atoms with Gasteiger partial charge in [0.05, 0.1) is 4.92 Å². The van der Waals surface area contributed by atoms with Crippen molar-refractivity contribution in [2.45, 2.75) is 23.8 Å². The smallest absolute Gasteiger partial charge is 0.258 e. The molecule has 0 amide bonds. The Labute approximate surface area is 118 Å². The Morgan fingerprint density at radius 2 is 1.95 bits per heavy atom. The van der Waals surface area contributed by atoms with Crippen LogP contribution in [0.5, 0.6) is 0 Å². The van der Waals surface area contributed by atoms with Crippen molar-refractivity contribution in [3.63, 3.8) is 0 Å². The zero-order chi connectivity index (χ0) is 14.0. The molecule has 0 bridgehead atoms. The van der Waals surface area contributed by atoms with Crippen molar-refractivity contribution >= 4 is 31.6 Å². The molecule has 19 heavy (non-hydrogen) atoms. The molecule has 0 atom stereocenters. The molecule has 1 aromatic rings. The number of hydrogen-bond acceptors (Lipinski definition) is 4. The van der Waals surface area contributed by atoms with Gasteiger partial charge in [-0.05, 0) is 25.0 Å². The molecule has 0 heterocycles. The topological polar surface area (TPSA) is 89.3 Å². The lowest BCUT2D eigenvalue weighted by Gasteiger charge is -2.12. The fraction of sp³-hybridized carbons (Fsp3) is 0.273. The Balaban J connectivity index is 2.38. The standard InChI is InChI=1S/C11H11BrN2O4S/c12-8-5-6-10(14(15)16)11(7-8)19(17,18)13-9-3-1-2-4-9/h1-2,5-7,9,13H,3-4H2. The molecule has 1 aliphatic carbocycles. The van der Waals surface area contributed by atoms with Gasteiger partial charge in [-0.2, -0.15) is 0 Å². The predicted octanol–water partition coefficient (Wildman–Crippen LogP) is 2.35. The summed E-state index contributed by atoms with van der Waals surface area (Å²) in [6, 6.07) is 3.62. The molecule has 0 aliphatic heterocycles. The summed E-state index contributed by atoms with van der Waals surface area (Å²) in [4.78, 5) is 9.88. The Kier molecular flexibility index (Phi) is 4.02. The van der Waals surface area contributed by atoms with Crippen LogP contribution in [0.3, 0.4) is 0 Å². The van der Waals surface area contributed by atoms with E-state index in [4.69, 9.17) is 0 Å². The van der Waals surface area contributed by atoms with Crippen molar-refractivity contribution < 1.29 is 13.3 Å². The Bertz CT molecular complexity index is 634. The summed E-state index contributed by atoms with van der Waals surface area (Å²) in [7, 11) is -3.90. The highest BCUT2D eigenvalue weighted by Gasteiger charge is 2.28. The van der Waals surface area contributed by atoms with Crippen LogP contribution < -0.4 is 4.72 Å². The fourth-order valence-electron chi connectivity index (χ4n) is 1.85. The lowest BCUT2D eigenvalue weighted by atomic mass is 10.3. The van der Waals surface area contributed by atoms with E-state index in [-0.39, 0.29) is 10.9 Å². The lowest BCUT2D eigenvalue weighted by Crippen LogP contribution is -2.33. The number of benzene rings is 1. The summed E-state index contributed by atoms with van der Waals surface area (Å²) in [5, 5.41) is 10.9. The van der Waals surface area contributed by atoms with Gasteiger partial charge < -0.3 is 0 Å². The van der Waals surface area contributed by atoms with Crippen molar-refractivity contribution in [3.8, 4) is 0 Å². The molecule has 1 aromatic carbocycles. The number of nitrogens with one attached hydrogen (secondary N) is 1. The highest BCUT2D eigenvalue weighted by atomic mass is 79.9. The second kappa shape index (κ2) is 5.40. The number of hydrogen-bond donors (Lipinski definition) is 1. The first-order chi connectivity index (χ1) is 8.90. The van der Waals surface area contributed by atoms with Gasteiger partial charge in [0, 0.05) is 16.6 Å². The maximum absolute atomic E-state index is 12.2. The normalized spacial score (nSPS) is 15.8. The second-order valence-corrected chi connectivity index (χ2v) is 6.73. The van der Waals surface area contributed by atoms with E-state index in [2.05, 4.69) is 20.7 Å². The number of rotatable bonds is 4. The molecule has 0 fully saturated rings. The summed E-state index contributed by atoms with van der Waals surface area (Å²) in [6.45, 7) is 0. The van der Waals surface area contributed by atoms with Crippen molar-refractivity contribution in [1.29, 1.82) is 0 Å². The molecule has 2 rings (SSSR count).